The molecule has 20 heavy (non-hydrogen) atoms. The largest absolute Gasteiger partial charge is 0.497 e. The maximum absolute atomic E-state index is 12.1. The maximum Gasteiger partial charge on any atom is 0.321 e. The van der Waals surface area contributed by atoms with Gasteiger partial charge in [-0.15, -0.1) is 0 Å². The lowest BCUT2D eigenvalue weighted by Crippen LogP contribution is -2.49. The first-order valence-electron chi connectivity index (χ1n) is 6.52. The van der Waals surface area contributed by atoms with Gasteiger partial charge < -0.3 is 15.0 Å². The van der Waals surface area contributed by atoms with Crippen molar-refractivity contribution in [1.82, 2.24) is 9.80 Å². The quantitative estimate of drug-likeness (QED) is 0.845. The Kier molecular flexibility index (Phi) is 4.80. The van der Waals surface area contributed by atoms with Crippen LogP contribution in [-0.2, 0) is 0 Å². The molecule has 1 aromatic carbocycles. The molecule has 1 aliphatic heterocycles. The number of rotatable bonds is 3. The Morgan fingerprint density at radius 2 is 2.15 bits per heavy atom. The van der Waals surface area contributed by atoms with Gasteiger partial charge in [-0.3, -0.25) is 4.90 Å². The Morgan fingerprint density at radius 3 is 2.80 bits per heavy atom. The van der Waals surface area contributed by atoms with Crippen LogP contribution in [0.5, 0.6) is 5.75 Å². The van der Waals surface area contributed by atoms with E-state index in [2.05, 4.69) is 11.4 Å². The number of carbonyl (C=O) groups is 1. The van der Waals surface area contributed by atoms with E-state index in [0.717, 1.165) is 13.1 Å². The van der Waals surface area contributed by atoms with E-state index >= 15 is 0 Å². The van der Waals surface area contributed by atoms with Crippen molar-refractivity contribution in [3.05, 3.63) is 24.3 Å². The minimum Gasteiger partial charge on any atom is -0.497 e. The van der Waals surface area contributed by atoms with Crippen LogP contribution in [0.1, 0.15) is 0 Å². The second-order valence-electron chi connectivity index (χ2n) is 4.58. The third kappa shape index (κ3) is 3.62. The standard InChI is InChI=1S/C14H18N4O2/c1-20-13-4-2-3-12(11-13)16-14(19)18-9-7-17(6-5-15)8-10-18/h2-4,11H,6-10H2,1H3,(H,16,19). The lowest BCUT2D eigenvalue weighted by molar-refractivity contribution is 0.156. The number of nitrogens with zero attached hydrogens (tertiary/aromatic N) is 3. The van der Waals surface area contributed by atoms with Gasteiger partial charge in [0.25, 0.3) is 0 Å². The average molecular weight is 274 g/mol. The summed E-state index contributed by atoms with van der Waals surface area (Å²) in [6.45, 7) is 3.17. The van der Waals surface area contributed by atoms with Crippen molar-refractivity contribution in [2.45, 2.75) is 0 Å². The van der Waals surface area contributed by atoms with Crippen LogP contribution in [0.25, 0.3) is 0 Å². The van der Waals surface area contributed by atoms with Crippen LogP contribution >= 0.6 is 0 Å². The van der Waals surface area contributed by atoms with Crippen molar-refractivity contribution in [2.24, 2.45) is 0 Å². The van der Waals surface area contributed by atoms with E-state index in [1.165, 1.54) is 0 Å². The zero-order valence-corrected chi connectivity index (χ0v) is 11.5. The summed E-state index contributed by atoms with van der Waals surface area (Å²) in [5.74, 6) is 0.710. The smallest absolute Gasteiger partial charge is 0.321 e. The molecule has 0 unspecified atom stereocenters. The SMILES string of the molecule is COc1cccc(NC(=O)N2CCN(CC#N)CC2)c1. The highest BCUT2D eigenvalue weighted by Crippen LogP contribution is 2.17. The number of hydrogen-bond donors (Lipinski definition) is 1. The maximum atomic E-state index is 12.1. The van der Waals surface area contributed by atoms with Crippen molar-refractivity contribution in [3.8, 4) is 11.8 Å². The van der Waals surface area contributed by atoms with Gasteiger partial charge in [0.1, 0.15) is 5.75 Å². The summed E-state index contributed by atoms with van der Waals surface area (Å²) >= 11 is 0. The van der Waals surface area contributed by atoms with E-state index < -0.39 is 0 Å². The first-order chi connectivity index (χ1) is 9.72. The van der Waals surface area contributed by atoms with E-state index in [4.69, 9.17) is 10.00 Å². The molecule has 106 valence electrons. The minimum atomic E-state index is -0.116. The molecule has 1 aromatic rings. The van der Waals surface area contributed by atoms with Crippen molar-refractivity contribution < 1.29 is 9.53 Å². The van der Waals surface area contributed by atoms with Gasteiger partial charge in [0.05, 0.1) is 19.7 Å². The zero-order valence-electron chi connectivity index (χ0n) is 11.5. The molecule has 1 saturated heterocycles. The molecule has 2 amide bonds. The van der Waals surface area contributed by atoms with E-state index in [9.17, 15) is 4.79 Å². The second-order valence-corrected chi connectivity index (χ2v) is 4.58. The third-order valence-corrected chi connectivity index (χ3v) is 3.27. The molecule has 1 N–H and O–H groups in total. The van der Waals surface area contributed by atoms with Crippen molar-refractivity contribution >= 4 is 11.7 Å². The fraction of sp³-hybridized carbons (Fsp3) is 0.429. The lowest BCUT2D eigenvalue weighted by Gasteiger charge is -2.33. The van der Waals surface area contributed by atoms with Gasteiger partial charge in [-0.05, 0) is 12.1 Å². The number of nitrogens with one attached hydrogen (secondary N) is 1. The van der Waals surface area contributed by atoms with Gasteiger partial charge in [0.15, 0.2) is 0 Å². The molecule has 0 atom stereocenters. The van der Waals surface area contributed by atoms with Crippen LogP contribution < -0.4 is 10.1 Å². The molecule has 6 heteroatoms. The summed E-state index contributed by atoms with van der Waals surface area (Å²) in [5.41, 5.74) is 0.716. The highest BCUT2D eigenvalue weighted by atomic mass is 16.5. The van der Waals surface area contributed by atoms with Crippen LogP contribution in [0.3, 0.4) is 0 Å². The Balaban J connectivity index is 1.88. The van der Waals surface area contributed by atoms with Gasteiger partial charge in [-0.2, -0.15) is 5.26 Å². The number of hydrogen-bond acceptors (Lipinski definition) is 4. The fourth-order valence-electron chi connectivity index (χ4n) is 2.11. The molecule has 2 rings (SSSR count). The molecule has 1 aliphatic rings. The van der Waals surface area contributed by atoms with Crippen LogP contribution in [-0.4, -0.2) is 55.7 Å². The van der Waals surface area contributed by atoms with Crippen LogP contribution in [0.2, 0.25) is 0 Å². The monoisotopic (exact) mass is 274 g/mol. The molecule has 1 fully saturated rings. The summed E-state index contributed by atoms with van der Waals surface area (Å²) in [7, 11) is 1.59. The van der Waals surface area contributed by atoms with Crippen molar-refractivity contribution in [2.75, 3.05) is 45.2 Å². The van der Waals surface area contributed by atoms with Crippen molar-refractivity contribution in [3.63, 3.8) is 0 Å². The first-order valence-corrected chi connectivity index (χ1v) is 6.52. The molecule has 0 saturated carbocycles. The minimum absolute atomic E-state index is 0.116. The normalized spacial score (nSPS) is 15.5. The van der Waals surface area contributed by atoms with Crippen LogP contribution in [0.4, 0.5) is 10.5 Å². The lowest BCUT2D eigenvalue weighted by atomic mass is 10.3. The van der Waals surface area contributed by atoms with E-state index in [0.29, 0.717) is 31.1 Å². The molecule has 6 nitrogen and oxygen atoms in total. The number of methoxy groups -OCH3 is 1. The zero-order chi connectivity index (χ0) is 14.4. The third-order valence-electron chi connectivity index (χ3n) is 3.27. The Morgan fingerprint density at radius 1 is 1.40 bits per heavy atom. The number of carbonyl (C=O) groups excluding carboxylic acids is 1. The predicted molar refractivity (Wildman–Crippen MR) is 75.6 cm³/mol. The van der Waals surface area contributed by atoms with Gasteiger partial charge in [-0.1, -0.05) is 6.07 Å². The van der Waals surface area contributed by atoms with Crippen LogP contribution in [0, 0.1) is 11.3 Å². The van der Waals surface area contributed by atoms with Crippen molar-refractivity contribution in [1.29, 1.82) is 5.26 Å². The molecular weight excluding hydrogens is 256 g/mol. The molecule has 0 spiro atoms. The fourth-order valence-corrected chi connectivity index (χ4v) is 2.11. The van der Waals surface area contributed by atoms with Gasteiger partial charge in [0, 0.05) is 37.9 Å². The molecule has 0 aromatic heterocycles. The van der Waals surface area contributed by atoms with E-state index in [-0.39, 0.29) is 6.03 Å². The molecule has 0 bridgehead atoms. The summed E-state index contributed by atoms with van der Waals surface area (Å²) < 4.78 is 5.12. The van der Waals surface area contributed by atoms with E-state index in [1.54, 1.807) is 18.1 Å². The average Bonchev–Trinajstić information content (AvgIpc) is 2.48. The summed E-state index contributed by atoms with van der Waals surface area (Å²) in [5, 5.41) is 11.5. The van der Waals surface area contributed by atoms with Gasteiger partial charge >= 0.3 is 6.03 Å². The number of piperazine rings is 1. The van der Waals surface area contributed by atoms with E-state index in [1.807, 2.05) is 23.1 Å². The number of benzene rings is 1. The summed E-state index contributed by atoms with van der Waals surface area (Å²) in [4.78, 5) is 15.9. The van der Waals surface area contributed by atoms with Gasteiger partial charge in [-0.25, -0.2) is 4.79 Å². The molecule has 1 heterocycles. The Labute approximate surface area is 118 Å². The number of amides is 2. The molecule has 0 radical (unpaired) electrons. The number of ether oxygens (including phenoxy) is 1. The second kappa shape index (κ2) is 6.78. The Bertz CT molecular complexity index is 504. The topological polar surface area (TPSA) is 68.6 Å². The predicted octanol–water partition coefficient (Wildman–Crippen LogP) is 1.37. The number of urea groups is 1. The summed E-state index contributed by atoms with van der Waals surface area (Å²) in [6.07, 6.45) is 0. The number of anilines is 1. The van der Waals surface area contributed by atoms with Crippen LogP contribution in [0.15, 0.2) is 24.3 Å². The molecule has 0 aliphatic carbocycles. The summed E-state index contributed by atoms with van der Waals surface area (Å²) in [6, 6.07) is 9.28. The molecular formula is C14H18N4O2. The first kappa shape index (κ1) is 14.2. The van der Waals surface area contributed by atoms with Gasteiger partial charge in [0.2, 0.25) is 0 Å². The number of nitriles is 1. The highest BCUT2D eigenvalue weighted by Gasteiger charge is 2.20. The highest BCUT2D eigenvalue weighted by molar-refractivity contribution is 5.89. The Hall–Kier alpha value is -2.26.